The van der Waals surface area contributed by atoms with Crippen LogP contribution in [0.1, 0.15) is 56.2 Å². The number of hydrogen-bond acceptors (Lipinski definition) is 5. The first-order valence-corrected chi connectivity index (χ1v) is 13.2. The highest BCUT2D eigenvalue weighted by Gasteiger charge is 2.55. The second kappa shape index (κ2) is 10.2. The number of urea groups is 1. The fourth-order valence-corrected chi connectivity index (χ4v) is 6.35. The minimum Gasteiger partial charge on any atom is -0.349 e. The predicted molar refractivity (Wildman–Crippen MR) is 138 cm³/mol. The molecule has 3 fully saturated rings. The molecule has 3 amide bonds. The number of aromatic nitrogens is 2. The van der Waals surface area contributed by atoms with E-state index in [2.05, 4.69) is 69.5 Å². The van der Waals surface area contributed by atoms with Gasteiger partial charge in [-0.25, -0.2) is 14.8 Å². The molecule has 8 nitrogen and oxygen atoms in total. The molecule has 0 bridgehead atoms. The fourth-order valence-electron chi connectivity index (χ4n) is 6.35. The van der Waals surface area contributed by atoms with E-state index >= 15 is 0 Å². The summed E-state index contributed by atoms with van der Waals surface area (Å²) >= 11 is 0. The molecule has 192 valence electrons. The summed E-state index contributed by atoms with van der Waals surface area (Å²) in [5.74, 6) is 0.442. The zero-order valence-electron chi connectivity index (χ0n) is 21.5. The van der Waals surface area contributed by atoms with Crippen LogP contribution in [0.4, 0.5) is 4.79 Å². The summed E-state index contributed by atoms with van der Waals surface area (Å²) in [4.78, 5) is 40.8. The van der Waals surface area contributed by atoms with Crippen molar-refractivity contribution in [2.45, 2.75) is 62.6 Å². The third kappa shape index (κ3) is 4.71. The maximum atomic E-state index is 13.7. The molecular formula is C28H38N6O2. The highest BCUT2D eigenvalue weighted by Crippen LogP contribution is 2.49. The van der Waals surface area contributed by atoms with Gasteiger partial charge in [-0.1, -0.05) is 36.8 Å². The SMILES string of the molecule is CN(C)[C@]1(c2ccccc2)CC[C@@]2(CC1)CN(CC(=O)NCc1ccncn1)C(=O)N2CC1CCC1. The fraction of sp³-hybridized carbons (Fsp3) is 0.571. The van der Waals surface area contributed by atoms with Crippen molar-refractivity contribution in [2.75, 3.05) is 33.7 Å². The van der Waals surface area contributed by atoms with Crippen LogP contribution in [0.15, 0.2) is 48.9 Å². The standard InChI is InChI=1S/C28H38N6O2/c1-32(2)28(23-9-4-3-5-10-23)14-12-27(13-15-28)20-33(26(36)34(27)18-22-7-6-8-22)19-25(35)30-17-24-11-16-29-21-31-24/h3-5,9-11,16,21-22H,6-8,12-15,17-20H2,1-2H3,(H,30,35)/t27-,28-. The lowest BCUT2D eigenvalue weighted by molar-refractivity contribution is -0.121. The average molecular weight is 491 g/mol. The zero-order chi connectivity index (χ0) is 25.2. The second-order valence-corrected chi connectivity index (χ2v) is 11.0. The molecule has 3 aliphatic rings. The Morgan fingerprint density at radius 2 is 1.86 bits per heavy atom. The van der Waals surface area contributed by atoms with Crippen molar-refractivity contribution in [1.29, 1.82) is 0 Å². The number of benzene rings is 1. The minimum atomic E-state index is -0.200. The summed E-state index contributed by atoms with van der Waals surface area (Å²) < 4.78 is 0. The van der Waals surface area contributed by atoms with Crippen molar-refractivity contribution in [3.05, 3.63) is 60.2 Å². The molecule has 1 saturated heterocycles. The molecule has 0 radical (unpaired) electrons. The molecular weight excluding hydrogens is 452 g/mol. The van der Waals surface area contributed by atoms with Crippen molar-refractivity contribution in [2.24, 2.45) is 5.92 Å². The highest BCUT2D eigenvalue weighted by atomic mass is 16.2. The smallest absolute Gasteiger partial charge is 0.321 e. The van der Waals surface area contributed by atoms with Gasteiger partial charge in [-0.05, 0) is 70.2 Å². The Labute approximate surface area is 214 Å². The van der Waals surface area contributed by atoms with Gasteiger partial charge >= 0.3 is 6.03 Å². The number of carbonyl (C=O) groups is 2. The molecule has 2 aromatic rings. The third-order valence-electron chi connectivity index (χ3n) is 8.84. The van der Waals surface area contributed by atoms with Gasteiger partial charge in [-0.15, -0.1) is 0 Å². The molecule has 1 aromatic carbocycles. The van der Waals surface area contributed by atoms with Crippen molar-refractivity contribution in [1.82, 2.24) is 30.0 Å². The topological polar surface area (TPSA) is 81.7 Å². The van der Waals surface area contributed by atoms with Gasteiger partial charge in [0.1, 0.15) is 12.9 Å². The maximum Gasteiger partial charge on any atom is 0.321 e. The number of carbonyl (C=O) groups excluding carboxylic acids is 2. The molecule has 2 saturated carbocycles. The monoisotopic (exact) mass is 490 g/mol. The summed E-state index contributed by atoms with van der Waals surface area (Å²) in [6, 6.07) is 12.6. The Morgan fingerprint density at radius 1 is 1.11 bits per heavy atom. The van der Waals surface area contributed by atoms with E-state index in [1.54, 1.807) is 17.2 Å². The molecule has 1 N–H and O–H groups in total. The quantitative estimate of drug-likeness (QED) is 0.613. The summed E-state index contributed by atoms with van der Waals surface area (Å²) in [5, 5.41) is 2.92. The number of hydrogen-bond donors (Lipinski definition) is 1. The number of nitrogens with one attached hydrogen (secondary N) is 1. The lowest BCUT2D eigenvalue weighted by Gasteiger charge is -2.51. The zero-order valence-corrected chi connectivity index (χ0v) is 21.5. The van der Waals surface area contributed by atoms with Crippen LogP contribution in [-0.2, 0) is 16.9 Å². The van der Waals surface area contributed by atoms with E-state index in [4.69, 9.17) is 0 Å². The lowest BCUT2D eigenvalue weighted by atomic mass is 9.68. The number of rotatable bonds is 8. The van der Waals surface area contributed by atoms with Crippen LogP contribution < -0.4 is 5.32 Å². The van der Waals surface area contributed by atoms with Gasteiger partial charge in [-0.2, -0.15) is 0 Å². The van der Waals surface area contributed by atoms with Gasteiger partial charge in [-0.3, -0.25) is 9.69 Å². The first kappa shape index (κ1) is 24.7. The van der Waals surface area contributed by atoms with E-state index in [1.807, 2.05) is 0 Å². The third-order valence-corrected chi connectivity index (χ3v) is 8.84. The predicted octanol–water partition coefficient (Wildman–Crippen LogP) is 3.40. The Kier molecular flexibility index (Phi) is 6.97. The van der Waals surface area contributed by atoms with Crippen LogP contribution >= 0.6 is 0 Å². The Morgan fingerprint density at radius 3 is 2.47 bits per heavy atom. The van der Waals surface area contributed by atoms with Crippen LogP contribution in [0.5, 0.6) is 0 Å². The molecule has 0 atom stereocenters. The largest absolute Gasteiger partial charge is 0.349 e. The second-order valence-electron chi connectivity index (χ2n) is 11.0. The van der Waals surface area contributed by atoms with E-state index in [-0.39, 0.29) is 29.6 Å². The first-order chi connectivity index (χ1) is 17.4. The Hall–Kier alpha value is -3.00. The van der Waals surface area contributed by atoms with Gasteiger partial charge in [0.25, 0.3) is 0 Å². The molecule has 2 aliphatic carbocycles. The molecule has 0 unspecified atom stereocenters. The first-order valence-electron chi connectivity index (χ1n) is 13.2. The molecule has 36 heavy (non-hydrogen) atoms. The highest BCUT2D eigenvalue weighted by molar-refractivity contribution is 5.86. The van der Waals surface area contributed by atoms with E-state index < -0.39 is 0 Å². The normalized spacial score (nSPS) is 26.5. The van der Waals surface area contributed by atoms with Gasteiger partial charge in [0.15, 0.2) is 0 Å². The van der Waals surface area contributed by atoms with Crippen LogP contribution in [0.2, 0.25) is 0 Å². The molecule has 8 heteroatoms. The average Bonchev–Trinajstić information content (AvgIpc) is 3.11. The molecule has 1 aliphatic heterocycles. The van der Waals surface area contributed by atoms with E-state index in [1.165, 1.54) is 31.2 Å². The summed E-state index contributed by atoms with van der Waals surface area (Å²) in [5.41, 5.74) is 1.87. The van der Waals surface area contributed by atoms with Gasteiger partial charge in [0.2, 0.25) is 5.91 Å². The van der Waals surface area contributed by atoms with Crippen molar-refractivity contribution in [3.8, 4) is 0 Å². The molecule has 1 aromatic heterocycles. The number of nitrogens with zero attached hydrogens (tertiary/aromatic N) is 5. The van der Waals surface area contributed by atoms with Gasteiger partial charge in [0, 0.05) is 24.8 Å². The van der Waals surface area contributed by atoms with Crippen LogP contribution in [0.3, 0.4) is 0 Å². The summed E-state index contributed by atoms with van der Waals surface area (Å²) in [6.07, 6.45) is 10.7. The molecule has 1 spiro atoms. The van der Waals surface area contributed by atoms with E-state index in [9.17, 15) is 9.59 Å². The minimum absolute atomic E-state index is 0.0242. The maximum absolute atomic E-state index is 13.7. The van der Waals surface area contributed by atoms with Crippen LogP contribution in [-0.4, -0.2) is 75.9 Å². The van der Waals surface area contributed by atoms with E-state index in [0.29, 0.717) is 19.0 Å². The number of amides is 3. The lowest BCUT2D eigenvalue weighted by Crippen LogP contribution is -2.56. The van der Waals surface area contributed by atoms with Gasteiger partial charge < -0.3 is 15.1 Å². The Bertz CT molecular complexity index is 1050. The molecule has 5 rings (SSSR count). The Balaban J connectivity index is 1.30. The van der Waals surface area contributed by atoms with Crippen molar-refractivity contribution >= 4 is 11.9 Å². The van der Waals surface area contributed by atoms with E-state index in [0.717, 1.165) is 37.9 Å². The van der Waals surface area contributed by atoms with Crippen molar-refractivity contribution in [3.63, 3.8) is 0 Å². The van der Waals surface area contributed by atoms with Crippen LogP contribution in [0, 0.1) is 5.92 Å². The summed E-state index contributed by atoms with van der Waals surface area (Å²) in [6.45, 7) is 1.86. The van der Waals surface area contributed by atoms with Crippen LogP contribution in [0.25, 0.3) is 0 Å². The summed E-state index contributed by atoms with van der Waals surface area (Å²) in [7, 11) is 4.34. The molecule has 2 heterocycles. The van der Waals surface area contributed by atoms with Gasteiger partial charge in [0.05, 0.1) is 17.8 Å². The van der Waals surface area contributed by atoms with Crippen molar-refractivity contribution < 1.29 is 9.59 Å².